The fraction of sp³-hybridized carbons (Fsp3) is 0.0323. The lowest BCUT2D eigenvalue weighted by Gasteiger charge is -2.09. The van der Waals surface area contributed by atoms with E-state index < -0.39 is 22.7 Å². The number of anilines is 1. The first-order chi connectivity index (χ1) is 21.7. The molecule has 1 aliphatic rings. The number of nitrogens with one attached hydrogen (secondary N) is 2. The van der Waals surface area contributed by atoms with Gasteiger partial charge < -0.3 is 19.5 Å². The predicted molar refractivity (Wildman–Crippen MR) is 172 cm³/mol. The molecule has 1 heterocycles. The van der Waals surface area contributed by atoms with E-state index in [4.69, 9.17) is 14.2 Å². The monoisotopic (exact) mass is 734 g/mol. The Bertz CT molecular complexity index is 1890. The van der Waals surface area contributed by atoms with Crippen molar-refractivity contribution in [1.29, 1.82) is 0 Å². The van der Waals surface area contributed by atoms with Gasteiger partial charge in [-0.2, -0.15) is 5.10 Å². The Labute approximate surface area is 272 Å². The second-order valence-corrected chi connectivity index (χ2v) is 11.0. The van der Waals surface area contributed by atoms with Gasteiger partial charge in [0.25, 0.3) is 17.5 Å². The molecule has 0 saturated carbocycles. The second-order valence-electron chi connectivity index (χ2n) is 9.21. The van der Waals surface area contributed by atoms with Gasteiger partial charge in [-0.05, 0) is 76.1 Å². The van der Waals surface area contributed by atoms with Gasteiger partial charge >= 0.3 is 5.97 Å². The lowest BCUT2D eigenvalue weighted by atomic mass is 10.1. The zero-order chi connectivity index (χ0) is 31.9. The standard InChI is InChI=1S/C31H20Br2N4O8/c32-22-12-21(29(25(33)15-22)45-28(38)10-7-18-3-1-6-24(11-18)37(41)42)16-34-36-31(40)19-4-2-5-23(13-19)35-30(39)20-8-9-26-27(14-20)44-17-43-26/h1-16H,17H2,(H,35,39)(H,36,40)/b10-7+,34-16?. The van der Waals surface area contributed by atoms with E-state index >= 15 is 0 Å². The minimum absolute atomic E-state index is 0.0907. The number of fused-ring (bicyclic) bond motifs is 1. The summed E-state index contributed by atoms with van der Waals surface area (Å²) in [4.78, 5) is 48.6. The number of esters is 1. The van der Waals surface area contributed by atoms with Crippen LogP contribution in [0, 0.1) is 10.1 Å². The minimum Gasteiger partial charge on any atom is -0.454 e. The largest absolute Gasteiger partial charge is 0.454 e. The number of amides is 2. The predicted octanol–water partition coefficient (Wildman–Crippen LogP) is 6.48. The highest BCUT2D eigenvalue weighted by molar-refractivity contribution is 9.11. The summed E-state index contributed by atoms with van der Waals surface area (Å²) in [6.45, 7) is 0.0907. The van der Waals surface area contributed by atoms with Crippen LogP contribution in [0.3, 0.4) is 0 Å². The van der Waals surface area contributed by atoms with Gasteiger partial charge in [0.05, 0.1) is 15.6 Å². The first-order valence-corrected chi connectivity index (χ1v) is 14.5. The van der Waals surface area contributed by atoms with Crippen molar-refractivity contribution in [1.82, 2.24) is 5.43 Å². The number of nitrogens with zero attached hydrogens (tertiary/aromatic N) is 2. The topological polar surface area (TPSA) is 158 Å². The Morgan fingerprint density at radius 2 is 1.69 bits per heavy atom. The van der Waals surface area contributed by atoms with Gasteiger partial charge in [0.15, 0.2) is 17.2 Å². The summed E-state index contributed by atoms with van der Waals surface area (Å²) in [6, 6.07) is 20.2. The average molecular weight is 736 g/mol. The normalized spacial score (nSPS) is 11.9. The molecule has 45 heavy (non-hydrogen) atoms. The number of non-ortho nitro benzene ring substituents is 1. The molecule has 5 rings (SSSR count). The minimum atomic E-state index is -0.747. The highest BCUT2D eigenvalue weighted by Gasteiger charge is 2.17. The van der Waals surface area contributed by atoms with Crippen LogP contribution in [-0.4, -0.2) is 35.7 Å². The van der Waals surface area contributed by atoms with Crippen LogP contribution in [0.5, 0.6) is 17.2 Å². The summed E-state index contributed by atoms with van der Waals surface area (Å²) in [7, 11) is 0. The van der Waals surface area contributed by atoms with E-state index in [1.165, 1.54) is 36.6 Å². The van der Waals surface area contributed by atoms with Crippen molar-refractivity contribution < 1.29 is 33.5 Å². The molecular formula is C31H20Br2N4O8. The quantitative estimate of drug-likeness (QED) is 0.0494. The molecule has 0 radical (unpaired) electrons. The fourth-order valence-electron chi connectivity index (χ4n) is 4.03. The maximum atomic E-state index is 12.8. The van der Waals surface area contributed by atoms with Crippen molar-refractivity contribution in [3.05, 3.63) is 126 Å². The van der Waals surface area contributed by atoms with Crippen molar-refractivity contribution >= 4 is 73.3 Å². The lowest BCUT2D eigenvalue weighted by molar-refractivity contribution is -0.384. The molecule has 2 amide bonds. The van der Waals surface area contributed by atoms with Crippen LogP contribution in [0.2, 0.25) is 0 Å². The van der Waals surface area contributed by atoms with E-state index in [0.29, 0.717) is 42.8 Å². The summed E-state index contributed by atoms with van der Waals surface area (Å²) in [5.41, 5.74) is 4.06. The Morgan fingerprint density at radius 3 is 2.51 bits per heavy atom. The van der Waals surface area contributed by atoms with Crippen LogP contribution >= 0.6 is 31.9 Å². The summed E-state index contributed by atoms with van der Waals surface area (Å²) in [5.74, 6) is -0.549. The van der Waals surface area contributed by atoms with E-state index in [9.17, 15) is 24.5 Å². The van der Waals surface area contributed by atoms with Crippen molar-refractivity contribution in [3.8, 4) is 17.2 Å². The summed E-state index contributed by atoms with van der Waals surface area (Å²) in [5, 5.41) is 17.7. The van der Waals surface area contributed by atoms with Crippen LogP contribution in [-0.2, 0) is 4.79 Å². The molecule has 2 N–H and O–H groups in total. The van der Waals surface area contributed by atoms with Crippen LogP contribution in [0.4, 0.5) is 11.4 Å². The number of hydrogen-bond donors (Lipinski definition) is 2. The fourth-order valence-corrected chi connectivity index (χ4v) is 5.37. The molecule has 0 unspecified atom stereocenters. The van der Waals surface area contributed by atoms with Crippen molar-refractivity contribution in [2.24, 2.45) is 5.10 Å². The van der Waals surface area contributed by atoms with E-state index in [0.717, 1.165) is 6.08 Å². The number of benzene rings is 4. The number of ether oxygens (including phenoxy) is 3. The molecule has 1 aliphatic heterocycles. The van der Waals surface area contributed by atoms with E-state index in [-0.39, 0.29) is 23.8 Å². The molecule has 12 nitrogen and oxygen atoms in total. The van der Waals surface area contributed by atoms with E-state index in [1.807, 2.05) is 0 Å². The Morgan fingerprint density at radius 1 is 0.911 bits per heavy atom. The zero-order valence-electron chi connectivity index (χ0n) is 22.9. The van der Waals surface area contributed by atoms with Crippen LogP contribution in [0.15, 0.2) is 99.0 Å². The molecule has 0 atom stereocenters. The van der Waals surface area contributed by atoms with Gasteiger partial charge in [0.1, 0.15) is 0 Å². The van der Waals surface area contributed by atoms with E-state index in [1.54, 1.807) is 54.6 Å². The highest BCUT2D eigenvalue weighted by Crippen LogP contribution is 2.33. The zero-order valence-corrected chi connectivity index (χ0v) is 26.0. The molecule has 0 bridgehead atoms. The molecular weight excluding hydrogens is 716 g/mol. The number of hydrazone groups is 1. The molecule has 0 aromatic heterocycles. The van der Waals surface area contributed by atoms with Crippen molar-refractivity contribution in [2.45, 2.75) is 0 Å². The molecule has 14 heteroatoms. The molecule has 0 aliphatic carbocycles. The third kappa shape index (κ3) is 7.99. The Hall–Kier alpha value is -5.34. The number of hydrogen-bond acceptors (Lipinski definition) is 9. The third-order valence-corrected chi connectivity index (χ3v) is 7.17. The maximum Gasteiger partial charge on any atom is 0.336 e. The number of rotatable bonds is 9. The highest BCUT2D eigenvalue weighted by atomic mass is 79.9. The first kappa shape index (κ1) is 31.1. The average Bonchev–Trinajstić information content (AvgIpc) is 3.50. The lowest BCUT2D eigenvalue weighted by Crippen LogP contribution is -2.18. The number of nitro groups is 1. The van der Waals surface area contributed by atoms with Gasteiger partial charge in [0.2, 0.25) is 6.79 Å². The van der Waals surface area contributed by atoms with E-state index in [2.05, 4.69) is 47.7 Å². The molecule has 4 aromatic carbocycles. The molecule has 0 fully saturated rings. The van der Waals surface area contributed by atoms with Crippen molar-refractivity contribution in [2.75, 3.05) is 12.1 Å². The smallest absolute Gasteiger partial charge is 0.336 e. The maximum absolute atomic E-state index is 12.8. The SMILES string of the molecule is O=C(/C=C/c1cccc([N+](=O)[O-])c1)Oc1c(Br)cc(Br)cc1C=NNC(=O)c1cccc(NC(=O)c2ccc3c(c2)OCO3)c1. The van der Waals surface area contributed by atoms with Crippen LogP contribution < -0.4 is 25.0 Å². The Kier molecular flexibility index (Phi) is 9.65. The summed E-state index contributed by atoms with van der Waals surface area (Å²) in [6.07, 6.45) is 3.82. The first-order valence-electron chi connectivity index (χ1n) is 12.9. The summed E-state index contributed by atoms with van der Waals surface area (Å²) < 4.78 is 17.1. The summed E-state index contributed by atoms with van der Waals surface area (Å²) >= 11 is 6.73. The Balaban J connectivity index is 1.24. The molecule has 0 spiro atoms. The number of carbonyl (C=O) groups is 3. The molecule has 4 aromatic rings. The molecule has 226 valence electrons. The second kappa shape index (κ2) is 14.0. The van der Waals surface area contributed by atoms with Crippen molar-refractivity contribution in [3.63, 3.8) is 0 Å². The molecule has 0 saturated heterocycles. The van der Waals surface area contributed by atoms with Gasteiger partial charge in [-0.25, -0.2) is 10.2 Å². The van der Waals surface area contributed by atoms with Gasteiger partial charge in [0, 0.05) is 45.1 Å². The van der Waals surface area contributed by atoms with Crippen LogP contribution in [0.25, 0.3) is 6.08 Å². The van der Waals surface area contributed by atoms with Gasteiger partial charge in [-0.3, -0.25) is 19.7 Å². The number of carbonyl (C=O) groups excluding carboxylic acids is 3. The van der Waals surface area contributed by atoms with Crippen LogP contribution in [0.1, 0.15) is 31.8 Å². The van der Waals surface area contributed by atoms with Gasteiger partial charge in [-0.1, -0.05) is 34.1 Å². The number of halogens is 2. The van der Waals surface area contributed by atoms with Gasteiger partial charge in [-0.15, -0.1) is 0 Å². The third-order valence-electron chi connectivity index (χ3n) is 6.12. The number of nitro benzene ring substituents is 1.